The molecule has 0 spiro atoms. The standard InChI is InChI=1S/C7H7N3/c8-10-9-6-7-4-2-1-3-5-7/h1-4,6H,5H2. The molecule has 0 bridgehead atoms. The van der Waals surface area contributed by atoms with Crippen LogP contribution in [0.25, 0.3) is 10.4 Å². The molecule has 0 unspecified atom stereocenters. The van der Waals surface area contributed by atoms with E-state index in [0.717, 1.165) is 12.0 Å². The molecule has 0 amide bonds. The molecule has 1 aliphatic rings. The van der Waals surface area contributed by atoms with E-state index in [1.807, 2.05) is 24.3 Å². The van der Waals surface area contributed by atoms with Crippen molar-refractivity contribution in [1.29, 1.82) is 0 Å². The molecule has 0 aromatic rings. The zero-order valence-corrected chi connectivity index (χ0v) is 5.44. The smallest absolute Gasteiger partial charge is 0.00476 e. The van der Waals surface area contributed by atoms with E-state index in [9.17, 15) is 0 Å². The van der Waals surface area contributed by atoms with Crippen molar-refractivity contribution in [3.8, 4) is 0 Å². The molecule has 0 saturated carbocycles. The molecule has 0 heterocycles. The molecule has 0 aromatic carbocycles. The second-order valence-corrected chi connectivity index (χ2v) is 1.90. The predicted molar refractivity (Wildman–Crippen MR) is 40.1 cm³/mol. The minimum atomic E-state index is 0.857. The molecule has 1 aliphatic carbocycles. The number of hydrogen-bond donors (Lipinski definition) is 0. The third-order valence-corrected chi connectivity index (χ3v) is 1.19. The fraction of sp³-hybridized carbons (Fsp3) is 0.143. The van der Waals surface area contributed by atoms with Crippen LogP contribution in [0.1, 0.15) is 6.42 Å². The van der Waals surface area contributed by atoms with Gasteiger partial charge in [-0.3, -0.25) is 0 Å². The molecule has 50 valence electrons. The Hall–Kier alpha value is -1.47. The van der Waals surface area contributed by atoms with Crippen molar-refractivity contribution in [2.75, 3.05) is 0 Å². The third-order valence-electron chi connectivity index (χ3n) is 1.19. The van der Waals surface area contributed by atoms with E-state index in [-0.39, 0.29) is 0 Å². The van der Waals surface area contributed by atoms with E-state index in [0.29, 0.717) is 0 Å². The van der Waals surface area contributed by atoms with Crippen LogP contribution >= 0.6 is 0 Å². The molecule has 10 heavy (non-hydrogen) atoms. The summed E-state index contributed by atoms with van der Waals surface area (Å²) in [5.41, 5.74) is 9.01. The van der Waals surface area contributed by atoms with Crippen molar-refractivity contribution in [2.45, 2.75) is 6.42 Å². The molecule has 0 atom stereocenters. The van der Waals surface area contributed by atoms with Gasteiger partial charge in [0.25, 0.3) is 0 Å². The van der Waals surface area contributed by atoms with E-state index >= 15 is 0 Å². The number of azide groups is 1. The van der Waals surface area contributed by atoms with Gasteiger partial charge in [0.05, 0.1) is 0 Å². The van der Waals surface area contributed by atoms with E-state index in [2.05, 4.69) is 10.0 Å². The first-order valence-electron chi connectivity index (χ1n) is 3.00. The van der Waals surface area contributed by atoms with Gasteiger partial charge in [0.1, 0.15) is 0 Å². The van der Waals surface area contributed by atoms with Crippen LogP contribution in [0, 0.1) is 0 Å². The summed E-state index contributed by atoms with van der Waals surface area (Å²) in [5, 5.41) is 3.33. The molecule has 0 saturated heterocycles. The molecule has 1 rings (SSSR count). The maximum Gasteiger partial charge on any atom is 0.00476 e. The first-order chi connectivity index (χ1) is 4.93. The summed E-state index contributed by atoms with van der Waals surface area (Å²) in [7, 11) is 0. The Bertz CT molecular complexity index is 242. The summed E-state index contributed by atoms with van der Waals surface area (Å²) >= 11 is 0. The second kappa shape index (κ2) is 3.54. The van der Waals surface area contributed by atoms with Crippen LogP contribution in [-0.4, -0.2) is 0 Å². The zero-order chi connectivity index (χ0) is 7.23. The maximum absolute atomic E-state index is 7.97. The summed E-state index contributed by atoms with van der Waals surface area (Å²) in [5.74, 6) is 0. The number of allylic oxidation sites excluding steroid dienone is 5. The summed E-state index contributed by atoms with van der Waals surface area (Å²) in [4.78, 5) is 2.62. The van der Waals surface area contributed by atoms with Gasteiger partial charge in [-0.1, -0.05) is 29.4 Å². The molecule has 0 N–H and O–H groups in total. The van der Waals surface area contributed by atoms with Crippen LogP contribution in [0.5, 0.6) is 0 Å². The molecular formula is C7H7N3. The number of rotatable bonds is 1. The minimum absolute atomic E-state index is 0.857. The molecule has 0 fully saturated rings. The molecule has 3 heteroatoms. The average molecular weight is 133 g/mol. The summed E-state index contributed by atoms with van der Waals surface area (Å²) in [6.07, 6.45) is 10.2. The van der Waals surface area contributed by atoms with Crippen molar-refractivity contribution in [3.05, 3.63) is 46.5 Å². The first-order valence-corrected chi connectivity index (χ1v) is 3.00. The minimum Gasteiger partial charge on any atom is -0.0801 e. The van der Waals surface area contributed by atoms with Gasteiger partial charge in [-0.2, -0.15) is 0 Å². The lowest BCUT2D eigenvalue weighted by molar-refractivity contribution is 1.23. The predicted octanol–water partition coefficient (Wildman–Crippen LogP) is 2.70. The lowest BCUT2D eigenvalue weighted by Gasteiger charge is -1.97. The van der Waals surface area contributed by atoms with Crippen LogP contribution in [0.2, 0.25) is 0 Å². The van der Waals surface area contributed by atoms with Gasteiger partial charge >= 0.3 is 0 Å². The highest BCUT2D eigenvalue weighted by Gasteiger charge is 1.89. The maximum atomic E-state index is 7.97. The lowest BCUT2D eigenvalue weighted by Crippen LogP contribution is -1.77. The van der Waals surface area contributed by atoms with Crippen molar-refractivity contribution < 1.29 is 0 Å². The fourth-order valence-corrected chi connectivity index (χ4v) is 0.726. The van der Waals surface area contributed by atoms with Gasteiger partial charge < -0.3 is 0 Å². The van der Waals surface area contributed by atoms with Gasteiger partial charge in [-0.05, 0) is 17.5 Å². The van der Waals surface area contributed by atoms with Gasteiger partial charge in [0.15, 0.2) is 0 Å². The van der Waals surface area contributed by atoms with Crippen LogP contribution in [0.3, 0.4) is 0 Å². The van der Waals surface area contributed by atoms with Gasteiger partial charge in [-0.25, -0.2) is 0 Å². The summed E-state index contributed by atoms with van der Waals surface area (Å²) in [6, 6.07) is 0. The molecule has 0 aromatic heterocycles. The highest BCUT2D eigenvalue weighted by Crippen LogP contribution is 2.09. The monoisotopic (exact) mass is 133 g/mol. The Morgan fingerprint density at radius 1 is 1.60 bits per heavy atom. The Labute approximate surface area is 59.0 Å². The second-order valence-electron chi connectivity index (χ2n) is 1.90. The van der Waals surface area contributed by atoms with Crippen molar-refractivity contribution >= 4 is 0 Å². The zero-order valence-electron chi connectivity index (χ0n) is 5.44. The summed E-state index contributed by atoms with van der Waals surface area (Å²) < 4.78 is 0. The molecular weight excluding hydrogens is 126 g/mol. The average Bonchev–Trinajstić information content (AvgIpc) is 2.03. The third kappa shape index (κ3) is 1.80. The number of nitrogens with zero attached hydrogens (tertiary/aromatic N) is 3. The summed E-state index contributed by atoms with van der Waals surface area (Å²) in [6.45, 7) is 0. The Balaban J connectivity index is 2.66. The Morgan fingerprint density at radius 2 is 2.50 bits per heavy atom. The van der Waals surface area contributed by atoms with Crippen LogP contribution in [-0.2, 0) is 0 Å². The SMILES string of the molecule is [N-]=[N+]=NC=C1C=CC=CC1. The topological polar surface area (TPSA) is 48.8 Å². The van der Waals surface area contributed by atoms with Crippen molar-refractivity contribution in [2.24, 2.45) is 5.11 Å². The van der Waals surface area contributed by atoms with E-state index in [4.69, 9.17) is 5.53 Å². The van der Waals surface area contributed by atoms with Gasteiger partial charge in [0.2, 0.25) is 0 Å². The molecule has 3 nitrogen and oxygen atoms in total. The Morgan fingerprint density at radius 3 is 3.10 bits per heavy atom. The van der Waals surface area contributed by atoms with Gasteiger partial charge in [0, 0.05) is 11.1 Å². The van der Waals surface area contributed by atoms with E-state index < -0.39 is 0 Å². The van der Waals surface area contributed by atoms with E-state index in [1.165, 1.54) is 6.20 Å². The van der Waals surface area contributed by atoms with Crippen molar-refractivity contribution in [3.63, 3.8) is 0 Å². The van der Waals surface area contributed by atoms with Crippen LogP contribution in [0.4, 0.5) is 0 Å². The van der Waals surface area contributed by atoms with Crippen LogP contribution < -0.4 is 0 Å². The quantitative estimate of drug-likeness (QED) is 0.300. The van der Waals surface area contributed by atoms with Crippen LogP contribution in [0.15, 0.2) is 41.2 Å². The van der Waals surface area contributed by atoms with Gasteiger partial charge in [-0.15, -0.1) is 0 Å². The highest BCUT2D eigenvalue weighted by atomic mass is 15.1. The normalized spacial score (nSPS) is 19.0. The highest BCUT2D eigenvalue weighted by molar-refractivity contribution is 5.28. The van der Waals surface area contributed by atoms with Crippen molar-refractivity contribution in [1.82, 2.24) is 0 Å². The molecule has 0 aliphatic heterocycles. The van der Waals surface area contributed by atoms with E-state index in [1.54, 1.807) is 0 Å². The first kappa shape index (κ1) is 6.65. The largest absolute Gasteiger partial charge is 0.0801 e. The molecule has 0 radical (unpaired) electrons. The lowest BCUT2D eigenvalue weighted by atomic mass is 10.1. The fourth-order valence-electron chi connectivity index (χ4n) is 0.726. The Kier molecular flexibility index (Phi) is 2.35. The number of hydrogen-bond acceptors (Lipinski definition) is 1.